The molecular weight excluding hydrogens is 831 g/mol. The van der Waals surface area contributed by atoms with E-state index in [9.17, 15) is 18.7 Å². The summed E-state index contributed by atoms with van der Waals surface area (Å²) in [7, 11) is -6.82. The van der Waals surface area contributed by atoms with Crippen LogP contribution in [0.4, 0.5) is 0 Å². The zero-order valence-corrected chi connectivity index (χ0v) is 39.4. The predicted octanol–water partition coefficient (Wildman–Crippen LogP) is 10.5. The maximum Gasteiger partial charge on any atom is 0.474 e. The van der Waals surface area contributed by atoms with Gasteiger partial charge in [0.1, 0.15) is 12.2 Å². The number of phosphoric ester groups is 2. The second-order valence-electron chi connectivity index (χ2n) is 14.3. The maximum absolute atomic E-state index is 12.5. The number of hydrogen-bond donors (Lipinski definition) is 0. The molecule has 0 spiro atoms. The average molecular weight is 907 g/mol. The highest BCUT2D eigenvalue weighted by Gasteiger charge is 2.51. The fourth-order valence-corrected chi connectivity index (χ4v) is 10.8. The van der Waals surface area contributed by atoms with Crippen LogP contribution in [0, 0.1) is 0 Å². The molecule has 2 aliphatic rings. The van der Waals surface area contributed by atoms with Crippen LogP contribution >= 0.6 is 39.2 Å². The Hall–Kier alpha value is -0.220. The van der Waals surface area contributed by atoms with E-state index in [-0.39, 0.29) is 25.2 Å². The molecule has 2 heterocycles. The normalized spacial score (nSPS) is 19.4. The molecule has 0 aromatic rings. The molecule has 0 N–H and O–H groups in total. The Morgan fingerprint density at radius 2 is 0.776 bits per heavy atom. The zero-order chi connectivity index (χ0) is 42.2. The van der Waals surface area contributed by atoms with E-state index in [0.717, 1.165) is 87.2 Å². The van der Waals surface area contributed by atoms with Crippen molar-refractivity contribution in [2.75, 3.05) is 75.9 Å². The Morgan fingerprint density at radius 3 is 1.10 bits per heavy atom. The summed E-state index contributed by atoms with van der Waals surface area (Å²) in [5, 5.41) is 0. The first kappa shape index (κ1) is 53.9. The summed E-state index contributed by atoms with van der Waals surface area (Å²) in [6.45, 7) is 9.43. The van der Waals surface area contributed by atoms with Crippen LogP contribution in [0.5, 0.6) is 0 Å². The van der Waals surface area contributed by atoms with Gasteiger partial charge in [0.15, 0.2) is 12.2 Å². The van der Waals surface area contributed by atoms with Crippen molar-refractivity contribution in [2.24, 2.45) is 0 Å². The van der Waals surface area contributed by atoms with Crippen molar-refractivity contribution in [1.82, 2.24) is 0 Å². The smallest absolute Gasteiger partial charge is 0.457 e. The van der Waals surface area contributed by atoms with Gasteiger partial charge in [0.25, 0.3) is 0 Å². The number of hydrogen-bond acceptors (Lipinski definition) is 16. The molecule has 2 rings (SSSR count). The molecule has 14 nitrogen and oxygen atoms in total. The third-order valence-corrected chi connectivity index (χ3v) is 14.8. The van der Waals surface area contributed by atoms with Crippen molar-refractivity contribution in [3.63, 3.8) is 0 Å². The van der Waals surface area contributed by atoms with Gasteiger partial charge in [-0.1, -0.05) is 77.0 Å². The number of unbranched alkanes of at least 4 members (excludes halogenated alkanes) is 14. The highest BCUT2D eigenvalue weighted by Crippen LogP contribution is 2.50. The molecular formula is C40H76O14P2S2. The Morgan fingerprint density at radius 1 is 0.466 bits per heavy atom. The first-order valence-electron chi connectivity index (χ1n) is 22.0. The summed E-state index contributed by atoms with van der Waals surface area (Å²) in [6, 6.07) is 0. The molecule has 0 amide bonds. The van der Waals surface area contributed by atoms with Gasteiger partial charge < -0.3 is 18.9 Å². The van der Waals surface area contributed by atoms with E-state index in [4.69, 9.17) is 46.1 Å². The lowest BCUT2D eigenvalue weighted by Gasteiger charge is -2.17. The summed E-state index contributed by atoms with van der Waals surface area (Å²) in [6.07, 6.45) is 16.6. The van der Waals surface area contributed by atoms with Crippen molar-refractivity contribution >= 4 is 51.1 Å². The van der Waals surface area contributed by atoms with Crippen molar-refractivity contribution in [3.05, 3.63) is 0 Å². The zero-order valence-electron chi connectivity index (χ0n) is 35.9. The third kappa shape index (κ3) is 25.0. The number of fused-ring (bicyclic) bond motifs is 1. The van der Waals surface area contributed by atoms with Gasteiger partial charge in [-0.2, -0.15) is 23.5 Å². The van der Waals surface area contributed by atoms with Gasteiger partial charge in [-0.3, -0.25) is 36.7 Å². The number of phosphoric acid groups is 2. The first-order valence-corrected chi connectivity index (χ1v) is 27.3. The van der Waals surface area contributed by atoms with Gasteiger partial charge in [0.05, 0.1) is 52.9 Å². The van der Waals surface area contributed by atoms with Crippen LogP contribution in [0.15, 0.2) is 0 Å². The fraction of sp³-hybridized carbons (Fsp3) is 0.950. The van der Waals surface area contributed by atoms with Gasteiger partial charge in [-0.15, -0.1) is 0 Å². The van der Waals surface area contributed by atoms with E-state index in [2.05, 4.69) is 0 Å². The number of thioether (sulfide) groups is 2. The molecule has 0 aliphatic carbocycles. The van der Waals surface area contributed by atoms with Crippen molar-refractivity contribution < 1.29 is 64.8 Å². The summed E-state index contributed by atoms with van der Waals surface area (Å²) in [5.74, 6) is 3.15. The summed E-state index contributed by atoms with van der Waals surface area (Å²) >= 11 is 3.58. The van der Waals surface area contributed by atoms with Crippen LogP contribution in [0.3, 0.4) is 0 Å². The quantitative estimate of drug-likeness (QED) is 0.0324. The monoisotopic (exact) mass is 906 g/mol. The van der Waals surface area contributed by atoms with Crippen molar-refractivity contribution in [1.29, 1.82) is 0 Å². The molecule has 342 valence electrons. The van der Waals surface area contributed by atoms with E-state index in [0.29, 0.717) is 52.5 Å². The van der Waals surface area contributed by atoms with Crippen molar-refractivity contribution in [3.8, 4) is 0 Å². The number of ether oxygens (including phenoxy) is 4. The van der Waals surface area contributed by atoms with E-state index in [1.54, 1.807) is 51.2 Å². The Bertz CT molecular complexity index is 1050. The first-order chi connectivity index (χ1) is 28.2. The highest BCUT2D eigenvalue weighted by atomic mass is 32.2. The van der Waals surface area contributed by atoms with Gasteiger partial charge in [0, 0.05) is 24.3 Å². The molecule has 0 aromatic heterocycles. The van der Waals surface area contributed by atoms with Crippen LogP contribution in [-0.4, -0.2) is 112 Å². The van der Waals surface area contributed by atoms with Crippen LogP contribution < -0.4 is 0 Å². The minimum atomic E-state index is -3.41. The number of carbonyl (C=O) groups excluding carboxylic acids is 2. The number of esters is 2. The Kier molecular flexibility index (Phi) is 31.9. The molecule has 2 unspecified atom stereocenters. The lowest BCUT2D eigenvalue weighted by atomic mass is 10.1. The van der Waals surface area contributed by atoms with Crippen LogP contribution in [0.25, 0.3) is 0 Å². The van der Waals surface area contributed by atoms with E-state index in [1.807, 2.05) is 0 Å². The van der Waals surface area contributed by atoms with E-state index < -0.39 is 40.1 Å². The topological polar surface area (TPSA) is 161 Å². The Labute approximate surface area is 358 Å². The van der Waals surface area contributed by atoms with Crippen LogP contribution in [-0.2, 0) is 64.8 Å². The predicted molar refractivity (Wildman–Crippen MR) is 231 cm³/mol. The second-order valence-corrected chi connectivity index (χ2v) is 20.1. The fourth-order valence-electron chi connectivity index (χ4n) is 6.63. The standard InChI is InChI=1S/C40H76O14P2S2/c1-5-47-55(43,48-6-2)51-27-31-57-29-23-19-15-11-9-13-17-21-25-37(41)53-35-33-45-40-36(34-46-39(35)40)54-38(42)26-22-18-14-10-12-16-20-24-30-58-32-28-52-56(44,49-7-3)50-8-4/h35-36,39-40H,5-34H2,1-4H3/t35-,36+,39?,40?. The number of rotatable bonds is 40. The minimum absolute atomic E-state index is 0.230. The summed E-state index contributed by atoms with van der Waals surface area (Å²) in [5.41, 5.74) is 0. The lowest BCUT2D eigenvalue weighted by molar-refractivity contribution is -0.155. The molecule has 18 heteroatoms. The minimum Gasteiger partial charge on any atom is -0.457 e. The molecule has 58 heavy (non-hydrogen) atoms. The lowest BCUT2D eigenvalue weighted by Crippen LogP contribution is -2.35. The average Bonchev–Trinajstić information content (AvgIpc) is 3.78. The molecule has 2 aliphatic heterocycles. The van der Waals surface area contributed by atoms with Crippen LogP contribution in [0.2, 0.25) is 0 Å². The van der Waals surface area contributed by atoms with Crippen molar-refractivity contribution in [2.45, 2.75) is 168 Å². The maximum atomic E-state index is 12.5. The second kappa shape index (κ2) is 34.3. The SMILES string of the molecule is CCOP(=O)(OCC)OCCSCCCCCCCCCCC(=O)O[C@H]1COC2C1OC[C@H]2OC(=O)CCCCCCCCCCSCCOP(=O)(OCC)OCC. The molecule has 2 fully saturated rings. The molecule has 0 saturated carbocycles. The van der Waals surface area contributed by atoms with E-state index in [1.165, 1.54) is 38.5 Å². The largest absolute Gasteiger partial charge is 0.474 e. The van der Waals surface area contributed by atoms with Gasteiger partial charge in [-0.05, 0) is 64.9 Å². The summed E-state index contributed by atoms with van der Waals surface area (Å²) in [4.78, 5) is 25.1. The van der Waals surface area contributed by atoms with Gasteiger partial charge in [0.2, 0.25) is 0 Å². The number of carbonyl (C=O) groups is 2. The van der Waals surface area contributed by atoms with E-state index >= 15 is 0 Å². The van der Waals surface area contributed by atoms with Gasteiger partial charge in [-0.25, -0.2) is 9.13 Å². The molecule has 0 radical (unpaired) electrons. The van der Waals surface area contributed by atoms with Crippen LogP contribution in [0.1, 0.15) is 143 Å². The summed E-state index contributed by atoms with van der Waals surface area (Å²) < 4.78 is 78.9. The molecule has 2 saturated heterocycles. The molecule has 0 bridgehead atoms. The molecule has 4 atom stereocenters. The highest BCUT2D eigenvalue weighted by molar-refractivity contribution is 7.99. The Balaban J connectivity index is 1.38. The van der Waals surface area contributed by atoms with Gasteiger partial charge >= 0.3 is 27.6 Å². The third-order valence-electron chi connectivity index (χ3n) is 9.47. The molecule has 0 aromatic carbocycles.